The molecule has 1 fully saturated rings. The molecule has 5 nitrogen and oxygen atoms in total. The van der Waals surface area contributed by atoms with Gasteiger partial charge in [-0.2, -0.15) is 0 Å². The van der Waals surface area contributed by atoms with E-state index in [0.29, 0.717) is 0 Å². The number of amides is 2. The maximum absolute atomic E-state index is 12.1. The Labute approximate surface area is 152 Å². The van der Waals surface area contributed by atoms with Crippen LogP contribution in [0, 0.1) is 0 Å². The molecular weight excluding hydrogens is 314 g/mol. The lowest BCUT2D eigenvalue weighted by Crippen LogP contribution is -2.45. The Kier molecular flexibility index (Phi) is 8.22. The van der Waals surface area contributed by atoms with E-state index in [0.717, 1.165) is 43.9 Å². The summed E-state index contributed by atoms with van der Waals surface area (Å²) < 4.78 is 5.80. The molecule has 140 valence electrons. The van der Waals surface area contributed by atoms with Gasteiger partial charge in [-0.1, -0.05) is 44.4 Å². The van der Waals surface area contributed by atoms with Gasteiger partial charge in [0.15, 0.2) is 0 Å². The van der Waals surface area contributed by atoms with E-state index in [-0.39, 0.29) is 18.2 Å². The van der Waals surface area contributed by atoms with Crippen molar-refractivity contribution in [2.75, 3.05) is 25.0 Å². The fraction of sp³-hybridized carbons (Fsp3) is 0.650. The quantitative estimate of drug-likeness (QED) is 0.699. The molecule has 2 atom stereocenters. The second-order valence-electron chi connectivity index (χ2n) is 7.05. The lowest BCUT2D eigenvalue weighted by atomic mass is 10.1. The van der Waals surface area contributed by atoms with Crippen LogP contribution >= 0.6 is 0 Å². The van der Waals surface area contributed by atoms with E-state index in [1.807, 2.05) is 18.2 Å². The molecule has 1 aliphatic rings. The number of anilines is 1. The molecule has 0 aliphatic carbocycles. The van der Waals surface area contributed by atoms with E-state index >= 15 is 0 Å². The van der Waals surface area contributed by atoms with Crippen LogP contribution in [0.4, 0.5) is 10.5 Å². The Morgan fingerprint density at radius 2 is 1.88 bits per heavy atom. The number of nitrogens with zero attached hydrogens (tertiary/aromatic N) is 1. The second kappa shape index (κ2) is 10.4. The minimum atomic E-state index is -0.118. The summed E-state index contributed by atoms with van der Waals surface area (Å²) in [5, 5.41) is 5.96. The zero-order valence-electron chi connectivity index (χ0n) is 15.9. The Bertz CT molecular complexity index is 525. The molecule has 5 heteroatoms. The topological polar surface area (TPSA) is 53.6 Å². The van der Waals surface area contributed by atoms with Gasteiger partial charge in [0.2, 0.25) is 0 Å². The first kappa shape index (κ1) is 19.7. The van der Waals surface area contributed by atoms with Crippen LogP contribution < -0.4 is 10.6 Å². The van der Waals surface area contributed by atoms with Gasteiger partial charge in [0.1, 0.15) is 0 Å². The standard InChI is InChI=1S/C20H33N3O2/c1-4-5-6-9-12-21-20(24)22-19-11-8-7-10-18(19)15-23-13-16(2)25-17(3)14-23/h7-8,10-11,16-17H,4-6,9,12-15H2,1-3H3,(H2,21,22,24). The molecule has 1 aromatic carbocycles. The van der Waals surface area contributed by atoms with E-state index in [4.69, 9.17) is 4.74 Å². The number of unbranched alkanes of at least 4 members (excludes halogenated alkanes) is 3. The molecule has 0 aromatic heterocycles. The third-order valence-corrected chi connectivity index (χ3v) is 4.47. The fourth-order valence-electron chi connectivity index (χ4n) is 3.35. The molecule has 2 N–H and O–H groups in total. The SMILES string of the molecule is CCCCCCNC(=O)Nc1ccccc1CN1CC(C)OC(C)C1. The number of rotatable bonds is 8. The lowest BCUT2D eigenvalue weighted by Gasteiger charge is -2.35. The van der Waals surface area contributed by atoms with Crippen molar-refractivity contribution < 1.29 is 9.53 Å². The number of carbonyl (C=O) groups is 1. The number of carbonyl (C=O) groups excluding carboxylic acids is 1. The Hall–Kier alpha value is -1.59. The second-order valence-corrected chi connectivity index (χ2v) is 7.05. The first-order chi connectivity index (χ1) is 12.1. The molecule has 0 spiro atoms. The van der Waals surface area contributed by atoms with Crippen LogP contribution in [0.3, 0.4) is 0 Å². The van der Waals surface area contributed by atoms with Crippen molar-refractivity contribution in [3.05, 3.63) is 29.8 Å². The normalized spacial score (nSPS) is 21.1. The summed E-state index contributed by atoms with van der Waals surface area (Å²) in [4.78, 5) is 14.5. The number of hydrogen-bond donors (Lipinski definition) is 2. The summed E-state index contributed by atoms with van der Waals surface area (Å²) in [5.74, 6) is 0. The van der Waals surface area contributed by atoms with Crippen molar-refractivity contribution in [1.29, 1.82) is 0 Å². The van der Waals surface area contributed by atoms with Crippen molar-refractivity contribution in [3.8, 4) is 0 Å². The minimum Gasteiger partial charge on any atom is -0.373 e. The molecule has 25 heavy (non-hydrogen) atoms. The predicted octanol–water partition coefficient (Wildman–Crippen LogP) is 4.00. The number of benzene rings is 1. The summed E-state index contributed by atoms with van der Waals surface area (Å²) in [5.41, 5.74) is 2.03. The highest BCUT2D eigenvalue weighted by atomic mass is 16.5. The minimum absolute atomic E-state index is 0.118. The molecule has 0 bridgehead atoms. The summed E-state index contributed by atoms with van der Waals surface area (Å²) >= 11 is 0. The Morgan fingerprint density at radius 3 is 2.60 bits per heavy atom. The smallest absolute Gasteiger partial charge is 0.319 e. The number of nitrogens with one attached hydrogen (secondary N) is 2. The van der Waals surface area contributed by atoms with Gasteiger partial charge in [-0.15, -0.1) is 0 Å². The zero-order valence-corrected chi connectivity index (χ0v) is 15.9. The van der Waals surface area contributed by atoms with Crippen molar-refractivity contribution in [3.63, 3.8) is 0 Å². The van der Waals surface area contributed by atoms with Crippen LogP contribution in [-0.4, -0.2) is 42.8 Å². The molecule has 1 aliphatic heterocycles. The number of ether oxygens (including phenoxy) is 1. The van der Waals surface area contributed by atoms with E-state index in [2.05, 4.69) is 42.4 Å². The van der Waals surface area contributed by atoms with E-state index < -0.39 is 0 Å². The number of urea groups is 1. The maximum atomic E-state index is 12.1. The van der Waals surface area contributed by atoms with Crippen molar-refractivity contribution in [2.45, 2.75) is 65.2 Å². The molecule has 1 heterocycles. The third-order valence-electron chi connectivity index (χ3n) is 4.47. The number of para-hydroxylation sites is 1. The van der Waals surface area contributed by atoms with Gasteiger partial charge in [0.25, 0.3) is 0 Å². The molecule has 1 saturated heterocycles. The van der Waals surface area contributed by atoms with Gasteiger partial charge in [-0.3, -0.25) is 4.90 Å². The van der Waals surface area contributed by atoms with Crippen LogP contribution in [0.5, 0.6) is 0 Å². The van der Waals surface area contributed by atoms with Gasteiger partial charge in [0.05, 0.1) is 12.2 Å². The molecule has 2 amide bonds. The Balaban J connectivity index is 1.86. The summed E-state index contributed by atoms with van der Waals surface area (Å²) in [6, 6.07) is 7.93. The summed E-state index contributed by atoms with van der Waals surface area (Å²) in [6.45, 7) is 9.80. The van der Waals surface area contributed by atoms with Gasteiger partial charge >= 0.3 is 6.03 Å². The highest BCUT2D eigenvalue weighted by Gasteiger charge is 2.22. The van der Waals surface area contributed by atoms with Gasteiger partial charge in [0, 0.05) is 31.9 Å². The largest absolute Gasteiger partial charge is 0.373 e. The highest BCUT2D eigenvalue weighted by molar-refractivity contribution is 5.90. The molecule has 0 radical (unpaired) electrons. The van der Waals surface area contributed by atoms with E-state index in [1.165, 1.54) is 19.3 Å². The molecule has 0 saturated carbocycles. The summed E-state index contributed by atoms with van der Waals surface area (Å²) in [7, 11) is 0. The van der Waals surface area contributed by atoms with Crippen LogP contribution in [0.15, 0.2) is 24.3 Å². The predicted molar refractivity (Wildman–Crippen MR) is 103 cm³/mol. The third kappa shape index (κ3) is 7.04. The van der Waals surface area contributed by atoms with Crippen molar-refractivity contribution in [2.24, 2.45) is 0 Å². The van der Waals surface area contributed by atoms with Crippen molar-refractivity contribution in [1.82, 2.24) is 10.2 Å². The van der Waals surface area contributed by atoms with Crippen molar-refractivity contribution >= 4 is 11.7 Å². The van der Waals surface area contributed by atoms with Crippen LogP contribution in [0.2, 0.25) is 0 Å². The first-order valence-electron chi connectivity index (χ1n) is 9.59. The average Bonchev–Trinajstić information content (AvgIpc) is 2.55. The Morgan fingerprint density at radius 1 is 1.16 bits per heavy atom. The number of hydrogen-bond acceptors (Lipinski definition) is 3. The van der Waals surface area contributed by atoms with Gasteiger partial charge < -0.3 is 15.4 Å². The maximum Gasteiger partial charge on any atom is 0.319 e. The molecule has 1 aromatic rings. The first-order valence-corrected chi connectivity index (χ1v) is 9.59. The van der Waals surface area contributed by atoms with Crippen LogP contribution in [-0.2, 0) is 11.3 Å². The molecule has 2 unspecified atom stereocenters. The van der Waals surface area contributed by atoms with E-state index in [9.17, 15) is 4.79 Å². The average molecular weight is 348 g/mol. The monoisotopic (exact) mass is 347 g/mol. The van der Waals surface area contributed by atoms with Crippen LogP contribution in [0.25, 0.3) is 0 Å². The van der Waals surface area contributed by atoms with Gasteiger partial charge in [-0.25, -0.2) is 4.79 Å². The molecular formula is C20H33N3O2. The lowest BCUT2D eigenvalue weighted by molar-refractivity contribution is -0.0704. The zero-order chi connectivity index (χ0) is 18.1. The molecule has 2 rings (SSSR count). The number of morpholine rings is 1. The summed E-state index contributed by atoms with van der Waals surface area (Å²) in [6.07, 6.45) is 5.12. The van der Waals surface area contributed by atoms with E-state index in [1.54, 1.807) is 0 Å². The highest BCUT2D eigenvalue weighted by Crippen LogP contribution is 2.20. The fourth-order valence-corrected chi connectivity index (χ4v) is 3.35. The van der Waals surface area contributed by atoms with Crippen LogP contribution in [0.1, 0.15) is 52.0 Å². The van der Waals surface area contributed by atoms with Gasteiger partial charge in [-0.05, 0) is 31.9 Å².